The molecule has 0 saturated heterocycles. The van der Waals surface area contributed by atoms with Crippen LogP contribution in [0.2, 0.25) is 0 Å². The van der Waals surface area contributed by atoms with E-state index in [1.54, 1.807) is 13.1 Å². The molecule has 118 valence electrons. The van der Waals surface area contributed by atoms with Gasteiger partial charge in [0.2, 0.25) is 0 Å². The zero-order valence-electron chi connectivity index (χ0n) is 12.5. The average molecular weight is 306 g/mol. The molecule has 7 heteroatoms. The number of hydrogen-bond donors (Lipinski definition) is 3. The molecule has 0 aliphatic heterocycles. The second-order valence-electron chi connectivity index (χ2n) is 4.92. The second kappa shape index (κ2) is 7.04. The van der Waals surface area contributed by atoms with E-state index in [0.29, 0.717) is 18.1 Å². The highest BCUT2D eigenvalue weighted by Crippen LogP contribution is 2.21. The van der Waals surface area contributed by atoms with Crippen molar-refractivity contribution in [1.82, 2.24) is 15.3 Å². The van der Waals surface area contributed by atoms with Crippen LogP contribution in [0.3, 0.4) is 0 Å². The normalized spacial score (nSPS) is 12.0. The molecule has 0 fully saturated rings. The first kappa shape index (κ1) is 16.0. The van der Waals surface area contributed by atoms with Gasteiger partial charge in [-0.2, -0.15) is 0 Å². The number of carbonyl (C=O) groups excluding carboxylic acids is 1. The van der Waals surface area contributed by atoms with Crippen molar-refractivity contribution in [3.8, 4) is 5.75 Å². The summed E-state index contributed by atoms with van der Waals surface area (Å²) in [4.78, 5) is 19.5. The number of halogens is 1. The van der Waals surface area contributed by atoms with Gasteiger partial charge in [0.1, 0.15) is 24.0 Å². The van der Waals surface area contributed by atoms with E-state index in [-0.39, 0.29) is 18.2 Å². The van der Waals surface area contributed by atoms with Crippen LogP contribution in [0.1, 0.15) is 34.8 Å². The maximum atomic E-state index is 13.4. The van der Waals surface area contributed by atoms with Crippen LogP contribution >= 0.6 is 0 Å². The molecule has 2 aromatic rings. The van der Waals surface area contributed by atoms with Crippen molar-refractivity contribution in [2.24, 2.45) is 5.73 Å². The van der Waals surface area contributed by atoms with Crippen LogP contribution in [0, 0.1) is 12.7 Å². The third kappa shape index (κ3) is 3.82. The largest absolute Gasteiger partial charge is 0.491 e. The summed E-state index contributed by atoms with van der Waals surface area (Å²) < 4.78 is 18.8. The first-order chi connectivity index (χ1) is 10.5. The smallest absolute Gasteiger partial charge is 0.255 e. The number of carbonyl (C=O) groups is 1. The van der Waals surface area contributed by atoms with Crippen LogP contribution in [0.15, 0.2) is 24.4 Å². The Kier molecular flexibility index (Phi) is 5.11. The molecule has 1 aromatic heterocycles. The van der Waals surface area contributed by atoms with E-state index < -0.39 is 11.7 Å². The van der Waals surface area contributed by atoms with Gasteiger partial charge >= 0.3 is 0 Å². The molecule has 0 bridgehead atoms. The van der Waals surface area contributed by atoms with Crippen LogP contribution in [-0.4, -0.2) is 29.0 Å². The molecule has 0 radical (unpaired) electrons. The van der Waals surface area contributed by atoms with Crippen molar-refractivity contribution in [2.45, 2.75) is 19.9 Å². The Morgan fingerprint density at radius 3 is 2.95 bits per heavy atom. The molecule has 1 heterocycles. The number of nitrogens with two attached hydrogens (primary N) is 1. The van der Waals surface area contributed by atoms with Crippen molar-refractivity contribution in [3.63, 3.8) is 0 Å². The molecule has 1 amide bonds. The van der Waals surface area contributed by atoms with Crippen molar-refractivity contribution >= 4 is 5.91 Å². The van der Waals surface area contributed by atoms with Crippen LogP contribution in [0.25, 0.3) is 0 Å². The zero-order valence-corrected chi connectivity index (χ0v) is 12.5. The summed E-state index contributed by atoms with van der Waals surface area (Å²) >= 11 is 0. The molecule has 4 N–H and O–H groups in total. The SMILES string of the molecule is Cc1cnc([C@H](C)NC(=O)c2cc(F)ccc2OCCN)[nH]1. The van der Waals surface area contributed by atoms with Gasteiger partial charge in [-0.15, -0.1) is 0 Å². The van der Waals surface area contributed by atoms with Gasteiger partial charge in [-0.05, 0) is 32.0 Å². The predicted octanol–water partition coefficient (Wildman–Crippen LogP) is 1.69. The third-order valence-electron chi connectivity index (χ3n) is 3.04. The summed E-state index contributed by atoms with van der Waals surface area (Å²) in [6, 6.07) is 3.46. The van der Waals surface area contributed by atoms with E-state index in [1.165, 1.54) is 12.1 Å². The van der Waals surface area contributed by atoms with Gasteiger partial charge in [-0.3, -0.25) is 4.79 Å². The van der Waals surface area contributed by atoms with Gasteiger partial charge in [0.05, 0.1) is 11.6 Å². The molecule has 0 aliphatic rings. The number of benzene rings is 1. The van der Waals surface area contributed by atoms with Crippen molar-refractivity contribution in [1.29, 1.82) is 0 Å². The van der Waals surface area contributed by atoms with E-state index in [9.17, 15) is 9.18 Å². The van der Waals surface area contributed by atoms with Gasteiger partial charge in [-0.1, -0.05) is 0 Å². The Balaban J connectivity index is 2.15. The summed E-state index contributed by atoms with van der Waals surface area (Å²) in [5.74, 6) is -0.0151. The number of aromatic nitrogens is 2. The monoisotopic (exact) mass is 306 g/mol. The lowest BCUT2D eigenvalue weighted by Crippen LogP contribution is -2.28. The van der Waals surface area contributed by atoms with E-state index in [4.69, 9.17) is 10.5 Å². The lowest BCUT2D eigenvalue weighted by molar-refractivity contribution is 0.0934. The molecular formula is C15H19FN4O2. The van der Waals surface area contributed by atoms with Crippen LogP contribution in [0.5, 0.6) is 5.75 Å². The average Bonchev–Trinajstić information content (AvgIpc) is 2.92. The van der Waals surface area contributed by atoms with Gasteiger partial charge in [0.15, 0.2) is 0 Å². The zero-order chi connectivity index (χ0) is 16.1. The number of nitrogens with zero attached hydrogens (tertiary/aromatic N) is 1. The number of H-pyrrole nitrogens is 1. The fraction of sp³-hybridized carbons (Fsp3) is 0.333. The number of nitrogens with one attached hydrogen (secondary N) is 2. The van der Waals surface area contributed by atoms with Gasteiger partial charge in [-0.25, -0.2) is 9.37 Å². The van der Waals surface area contributed by atoms with Crippen LogP contribution < -0.4 is 15.8 Å². The molecule has 6 nitrogen and oxygen atoms in total. The fourth-order valence-corrected chi connectivity index (χ4v) is 1.97. The molecule has 2 rings (SSSR count). The quantitative estimate of drug-likeness (QED) is 0.757. The molecule has 0 saturated carbocycles. The molecular weight excluding hydrogens is 287 g/mol. The summed E-state index contributed by atoms with van der Waals surface area (Å²) in [5, 5.41) is 2.76. The summed E-state index contributed by atoms with van der Waals surface area (Å²) in [5.41, 5.74) is 6.40. The predicted molar refractivity (Wildman–Crippen MR) is 80.2 cm³/mol. The minimum atomic E-state index is -0.508. The Morgan fingerprint density at radius 2 is 2.32 bits per heavy atom. The Morgan fingerprint density at radius 1 is 1.55 bits per heavy atom. The fourth-order valence-electron chi connectivity index (χ4n) is 1.97. The highest BCUT2D eigenvalue weighted by molar-refractivity contribution is 5.97. The van der Waals surface area contributed by atoms with Crippen molar-refractivity contribution in [3.05, 3.63) is 47.3 Å². The molecule has 0 unspecified atom stereocenters. The molecule has 0 spiro atoms. The summed E-state index contributed by atoms with van der Waals surface area (Å²) in [6.07, 6.45) is 1.68. The molecule has 0 aliphatic carbocycles. The Labute approximate surface area is 127 Å². The minimum Gasteiger partial charge on any atom is -0.491 e. The number of rotatable bonds is 6. The van der Waals surface area contributed by atoms with Crippen molar-refractivity contribution < 1.29 is 13.9 Å². The van der Waals surface area contributed by atoms with E-state index in [1.807, 2.05) is 6.92 Å². The van der Waals surface area contributed by atoms with E-state index in [2.05, 4.69) is 15.3 Å². The maximum absolute atomic E-state index is 13.4. The molecule has 22 heavy (non-hydrogen) atoms. The maximum Gasteiger partial charge on any atom is 0.255 e. The topological polar surface area (TPSA) is 93.0 Å². The number of aryl methyl sites for hydroxylation is 1. The standard InChI is InChI=1S/C15H19FN4O2/c1-9-8-18-14(19-9)10(2)20-15(21)12-7-11(16)3-4-13(12)22-6-5-17/h3-4,7-8,10H,5-6,17H2,1-2H3,(H,18,19)(H,20,21)/t10-/m0/s1. The summed E-state index contributed by atoms with van der Waals surface area (Å²) in [6.45, 7) is 4.21. The van der Waals surface area contributed by atoms with Crippen LogP contribution in [0.4, 0.5) is 4.39 Å². The first-order valence-corrected chi connectivity index (χ1v) is 6.96. The third-order valence-corrected chi connectivity index (χ3v) is 3.04. The number of hydrogen-bond acceptors (Lipinski definition) is 4. The lowest BCUT2D eigenvalue weighted by atomic mass is 10.1. The van der Waals surface area contributed by atoms with E-state index in [0.717, 1.165) is 11.8 Å². The number of ether oxygens (including phenoxy) is 1. The van der Waals surface area contributed by atoms with Crippen LogP contribution in [-0.2, 0) is 0 Å². The highest BCUT2D eigenvalue weighted by Gasteiger charge is 2.18. The number of imidazole rings is 1. The number of amides is 1. The van der Waals surface area contributed by atoms with Gasteiger partial charge < -0.3 is 20.8 Å². The second-order valence-corrected chi connectivity index (χ2v) is 4.92. The molecule has 1 aromatic carbocycles. The molecule has 1 atom stereocenters. The highest BCUT2D eigenvalue weighted by atomic mass is 19.1. The van der Waals surface area contributed by atoms with Crippen molar-refractivity contribution in [2.75, 3.05) is 13.2 Å². The van der Waals surface area contributed by atoms with Gasteiger partial charge in [0, 0.05) is 18.4 Å². The lowest BCUT2D eigenvalue weighted by Gasteiger charge is -2.14. The Bertz CT molecular complexity index is 657. The van der Waals surface area contributed by atoms with Gasteiger partial charge in [0.25, 0.3) is 5.91 Å². The number of aromatic amines is 1. The summed E-state index contributed by atoms with van der Waals surface area (Å²) in [7, 11) is 0. The Hall–Kier alpha value is -2.41. The van der Waals surface area contributed by atoms with E-state index >= 15 is 0 Å². The first-order valence-electron chi connectivity index (χ1n) is 6.96. The minimum absolute atomic E-state index is 0.128.